The maximum atomic E-state index is 11.2. The molecular formula is C15H27NO2. The summed E-state index contributed by atoms with van der Waals surface area (Å²) in [6, 6.07) is 0.532. The molecule has 0 aromatic carbocycles. The van der Waals surface area contributed by atoms with Crippen molar-refractivity contribution in [2.45, 2.75) is 58.4 Å². The van der Waals surface area contributed by atoms with Crippen molar-refractivity contribution in [1.29, 1.82) is 0 Å². The second kappa shape index (κ2) is 8.30. The molecule has 0 saturated heterocycles. The largest absolute Gasteiger partial charge is 0.466 e. The van der Waals surface area contributed by atoms with Crippen LogP contribution >= 0.6 is 0 Å². The van der Waals surface area contributed by atoms with Crippen LogP contribution in [0, 0.1) is 5.92 Å². The molecule has 1 aliphatic carbocycles. The van der Waals surface area contributed by atoms with E-state index < -0.39 is 0 Å². The lowest BCUT2D eigenvalue weighted by molar-refractivity contribution is -0.136. The van der Waals surface area contributed by atoms with Gasteiger partial charge in [-0.05, 0) is 32.6 Å². The Labute approximate surface area is 111 Å². The van der Waals surface area contributed by atoms with Crippen LogP contribution in [-0.2, 0) is 9.53 Å². The number of hydrogen-bond acceptors (Lipinski definition) is 3. The molecule has 1 atom stereocenters. The van der Waals surface area contributed by atoms with E-state index in [-0.39, 0.29) is 5.97 Å². The Morgan fingerprint density at radius 1 is 1.33 bits per heavy atom. The molecule has 104 valence electrons. The van der Waals surface area contributed by atoms with E-state index >= 15 is 0 Å². The second-order valence-corrected chi connectivity index (χ2v) is 5.33. The first-order valence-electron chi connectivity index (χ1n) is 7.13. The number of carbonyl (C=O) groups is 1. The fourth-order valence-electron chi connectivity index (χ4n) is 2.62. The highest BCUT2D eigenvalue weighted by Gasteiger charge is 2.18. The lowest BCUT2D eigenvalue weighted by Crippen LogP contribution is -2.33. The van der Waals surface area contributed by atoms with E-state index in [4.69, 9.17) is 0 Å². The van der Waals surface area contributed by atoms with Crippen LogP contribution in [0.25, 0.3) is 0 Å². The standard InChI is InChI=1S/C15H27NO2/c1-12(15(17)18-3)10-11-16-13(2)14-8-6-4-5-7-9-14/h10,13-14,16H,4-9,11H2,1-3H3/t13-/m0/s1. The summed E-state index contributed by atoms with van der Waals surface area (Å²) in [4.78, 5) is 11.2. The SMILES string of the molecule is COC(=O)C(C)=CCN[C@@H](C)C1CCCCCC1. The lowest BCUT2D eigenvalue weighted by atomic mass is 9.93. The molecule has 1 N–H and O–H groups in total. The number of esters is 1. The Hall–Kier alpha value is -0.830. The summed E-state index contributed by atoms with van der Waals surface area (Å²) in [6.45, 7) is 4.81. The van der Waals surface area contributed by atoms with Gasteiger partial charge < -0.3 is 10.1 Å². The van der Waals surface area contributed by atoms with Gasteiger partial charge in [-0.25, -0.2) is 4.79 Å². The summed E-state index contributed by atoms with van der Waals surface area (Å²) in [5.41, 5.74) is 0.679. The molecular weight excluding hydrogens is 226 g/mol. The van der Waals surface area contributed by atoms with E-state index in [1.807, 2.05) is 6.08 Å². The molecule has 1 fully saturated rings. The lowest BCUT2D eigenvalue weighted by Gasteiger charge is -2.23. The fourth-order valence-corrected chi connectivity index (χ4v) is 2.62. The van der Waals surface area contributed by atoms with Crippen molar-refractivity contribution in [2.24, 2.45) is 5.92 Å². The van der Waals surface area contributed by atoms with E-state index in [0.717, 1.165) is 12.5 Å². The number of ether oxygens (including phenoxy) is 1. The van der Waals surface area contributed by atoms with Crippen LogP contribution in [0.4, 0.5) is 0 Å². The zero-order valence-electron chi connectivity index (χ0n) is 12.0. The van der Waals surface area contributed by atoms with Crippen molar-refractivity contribution in [2.75, 3.05) is 13.7 Å². The minimum atomic E-state index is -0.237. The Bertz CT molecular complexity index is 278. The predicted octanol–water partition coefficient (Wildman–Crippen LogP) is 3.05. The van der Waals surface area contributed by atoms with Crippen LogP contribution in [0.3, 0.4) is 0 Å². The molecule has 0 aromatic rings. The molecule has 0 bridgehead atoms. The summed E-state index contributed by atoms with van der Waals surface area (Å²) < 4.78 is 4.67. The highest BCUT2D eigenvalue weighted by atomic mass is 16.5. The Balaban J connectivity index is 2.31. The van der Waals surface area contributed by atoms with Crippen molar-refractivity contribution >= 4 is 5.97 Å². The van der Waals surface area contributed by atoms with Gasteiger partial charge in [0.2, 0.25) is 0 Å². The minimum absolute atomic E-state index is 0.237. The van der Waals surface area contributed by atoms with Gasteiger partial charge in [-0.1, -0.05) is 31.8 Å². The summed E-state index contributed by atoms with van der Waals surface area (Å²) in [6.07, 6.45) is 10.1. The van der Waals surface area contributed by atoms with Crippen LogP contribution in [0.2, 0.25) is 0 Å². The quantitative estimate of drug-likeness (QED) is 0.465. The van der Waals surface area contributed by atoms with Crippen molar-refractivity contribution in [1.82, 2.24) is 5.32 Å². The first kappa shape index (κ1) is 15.2. The van der Waals surface area contributed by atoms with E-state index in [2.05, 4.69) is 17.0 Å². The third-order valence-corrected chi connectivity index (χ3v) is 3.96. The number of methoxy groups -OCH3 is 1. The third kappa shape index (κ3) is 5.21. The molecule has 3 heteroatoms. The van der Waals surface area contributed by atoms with Crippen LogP contribution in [0.15, 0.2) is 11.6 Å². The van der Waals surface area contributed by atoms with Crippen molar-refractivity contribution in [3.05, 3.63) is 11.6 Å². The molecule has 1 rings (SSSR count). The molecule has 0 aromatic heterocycles. The first-order chi connectivity index (χ1) is 8.65. The summed E-state index contributed by atoms with van der Waals surface area (Å²) in [5, 5.41) is 3.51. The van der Waals surface area contributed by atoms with Gasteiger partial charge in [0.25, 0.3) is 0 Å². The molecule has 1 aliphatic rings. The topological polar surface area (TPSA) is 38.3 Å². The van der Waals surface area contributed by atoms with Gasteiger partial charge in [0, 0.05) is 18.2 Å². The Morgan fingerprint density at radius 2 is 1.94 bits per heavy atom. The number of rotatable bonds is 5. The van der Waals surface area contributed by atoms with Crippen molar-refractivity contribution in [3.63, 3.8) is 0 Å². The third-order valence-electron chi connectivity index (χ3n) is 3.96. The average molecular weight is 253 g/mol. The van der Waals surface area contributed by atoms with Crippen molar-refractivity contribution < 1.29 is 9.53 Å². The minimum Gasteiger partial charge on any atom is -0.466 e. The number of nitrogens with one attached hydrogen (secondary N) is 1. The molecule has 0 unspecified atom stereocenters. The van der Waals surface area contributed by atoms with E-state index in [0.29, 0.717) is 11.6 Å². The normalized spacial score (nSPS) is 20.3. The molecule has 0 aliphatic heterocycles. The molecule has 0 radical (unpaired) electrons. The second-order valence-electron chi connectivity index (χ2n) is 5.33. The van der Waals surface area contributed by atoms with Crippen LogP contribution < -0.4 is 5.32 Å². The smallest absolute Gasteiger partial charge is 0.333 e. The van der Waals surface area contributed by atoms with Gasteiger partial charge in [-0.15, -0.1) is 0 Å². The molecule has 1 saturated carbocycles. The molecule has 0 spiro atoms. The summed E-state index contributed by atoms with van der Waals surface area (Å²) >= 11 is 0. The Kier molecular flexibility index (Phi) is 7.02. The summed E-state index contributed by atoms with van der Waals surface area (Å²) in [7, 11) is 1.42. The van der Waals surface area contributed by atoms with Crippen LogP contribution in [0.5, 0.6) is 0 Å². The zero-order chi connectivity index (χ0) is 13.4. The van der Waals surface area contributed by atoms with Gasteiger partial charge in [0.05, 0.1) is 7.11 Å². The van der Waals surface area contributed by atoms with Crippen LogP contribution in [-0.4, -0.2) is 25.7 Å². The van der Waals surface area contributed by atoms with Gasteiger partial charge in [-0.3, -0.25) is 0 Å². The highest BCUT2D eigenvalue weighted by molar-refractivity contribution is 5.87. The highest BCUT2D eigenvalue weighted by Crippen LogP contribution is 2.25. The maximum Gasteiger partial charge on any atom is 0.333 e. The molecule has 0 amide bonds. The molecule has 18 heavy (non-hydrogen) atoms. The van der Waals surface area contributed by atoms with E-state index in [1.165, 1.54) is 45.6 Å². The average Bonchev–Trinajstić information content (AvgIpc) is 2.66. The Morgan fingerprint density at radius 3 is 2.50 bits per heavy atom. The van der Waals surface area contributed by atoms with Gasteiger partial charge in [0.15, 0.2) is 0 Å². The monoisotopic (exact) mass is 253 g/mol. The van der Waals surface area contributed by atoms with Gasteiger partial charge in [0.1, 0.15) is 0 Å². The molecule has 0 heterocycles. The van der Waals surface area contributed by atoms with E-state index in [1.54, 1.807) is 6.92 Å². The van der Waals surface area contributed by atoms with E-state index in [9.17, 15) is 4.79 Å². The predicted molar refractivity (Wildman–Crippen MR) is 74.4 cm³/mol. The number of hydrogen-bond donors (Lipinski definition) is 1. The van der Waals surface area contributed by atoms with Gasteiger partial charge >= 0.3 is 5.97 Å². The zero-order valence-corrected chi connectivity index (χ0v) is 12.0. The summed E-state index contributed by atoms with van der Waals surface area (Å²) in [5.74, 6) is 0.554. The van der Waals surface area contributed by atoms with Crippen molar-refractivity contribution in [3.8, 4) is 0 Å². The van der Waals surface area contributed by atoms with Gasteiger partial charge in [-0.2, -0.15) is 0 Å². The fraction of sp³-hybridized carbons (Fsp3) is 0.800. The first-order valence-corrected chi connectivity index (χ1v) is 7.13. The molecule has 3 nitrogen and oxygen atoms in total. The van der Waals surface area contributed by atoms with Crippen LogP contribution in [0.1, 0.15) is 52.4 Å². The maximum absolute atomic E-state index is 11.2. The number of carbonyl (C=O) groups excluding carboxylic acids is 1.